The van der Waals surface area contributed by atoms with Gasteiger partial charge < -0.3 is 15.6 Å². The number of thiophene rings is 1. The number of benzene rings is 1. The molecule has 0 saturated carbocycles. The Labute approximate surface area is 184 Å². The van der Waals surface area contributed by atoms with Gasteiger partial charge in [-0.25, -0.2) is 4.98 Å². The van der Waals surface area contributed by atoms with Crippen LogP contribution in [0.1, 0.15) is 30.8 Å². The Hall–Kier alpha value is -2.66. The van der Waals surface area contributed by atoms with E-state index in [4.69, 9.17) is 28.7 Å². The van der Waals surface area contributed by atoms with Crippen molar-refractivity contribution in [2.45, 2.75) is 26.8 Å². The fourth-order valence-corrected chi connectivity index (χ4v) is 4.48. The number of nitrogen functional groups attached to an aromatic ring is 1. The number of terminal acetylenes is 1. The molecule has 0 unspecified atom stereocenters. The number of fused-ring (bicyclic) bond motifs is 2. The molecule has 3 heterocycles. The maximum atomic E-state index is 6.09. The Kier molecular flexibility index (Phi) is 5.91. The fraction of sp³-hybridized carbons (Fsp3) is 0.318. The summed E-state index contributed by atoms with van der Waals surface area (Å²) in [5, 5.41) is 6.83. The summed E-state index contributed by atoms with van der Waals surface area (Å²) in [4.78, 5) is 13.2. The van der Waals surface area contributed by atoms with Crippen molar-refractivity contribution in [2.24, 2.45) is 5.92 Å². The zero-order chi connectivity index (χ0) is 21.3. The molecule has 1 aromatic carbocycles. The number of imidazole rings is 1. The first-order valence-electron chi connectivity index (χ1n) is 9.82. The van der Waals surface area contributed by atoms with Crippen molar-refractivity contribution >= 4 is 50.0 Å². The molecule has 8 heteroatoms. The number of anilines is 1. The summed E-state index contributed by atoms with van der Waals surface area (Å²) in [5.74, 6) is 4.52. The Bertz CT molecular complexity index is 1250. The lowest BCUT2D eigenvalue weighted by Gasteiger charge is -2.12. The van der Waals surface area contributed by atoms with Gasteiger partial charge in [0.05, 0.1) is 0 Å². The number of hydrogen-bond donors (Lipinski definition) is 2. The highest BCUT2D eigenvalue weighted by Crippen LogP contribution is 2.28. The smallest absolute Gasteiger partial charge is 0.226 e. The highest BCUT2D eigenvalue weighted by atomic mass is 35.5. The van der Waals surface area contributed by atoms with E-state index in [1.165, 1.54) is 10.1 Å². The third kappa shape index (κ3) is 4.12. The van der Waals surface area contributed by atoms with E-state index < -0.39 is 0 Å². The fourth-order valence-electron chi connectivity index (χ4n) is 3.50. The molecule has 0 aliphatic carbocycles. The van der Waals surface area contributed by atoms with Gasteiger partial charge in [-0.1, -0.05) is 19.8 Å². The molecule has 0 radical (unpaired) electrons. The second-order valence-electron chi connectivity index (χ2n) is 7.62. The van der Waals surface area contributed by atoms with Gasteiger partial charge in [0.1, 0.15) is 5.82 Å². The van der Waals surface area contributed by atoms with Crippen LogP contribution in [0.5, 0.6) is 0 Å². The van der Waals surface area contributed by atoms with E-state index in [1.54, 1.807) is 11.3 Å². The summed E-state index contributed by atoms with van der Waals surface area (Å²) in [7, 11) is 0. The van der Waals surface area contributed by atoms with Crippen LogP contribution >= 0.6 is 22.9 Å². The normalized spacial score (nSPS) is 11.6. The number of nitrogens with two attached hydrogens (primary N) is 1. The quantitative estimate of drug-likeness (QED) is 0.258. The standard InChI is InChI=1S/C22H23ClN6S/c1-4-14-10-17-15(5-8-30-17)9-16(14)11-18-26-19-20(24)27-22(23)28-21(19)29(18)7-6-25-12-13(2)3/h1,5,8-10,13,25H,6-7,11-12H2,2-3H3,(H2,24,27,28). The van der Waals surface area contributed by atoms with Crippen molar-refractivity contribution in [3.63, 3.8) is 0 Å². The van der Waals surface area contributed by atoms with Gasteiger partial charge in [-0.3, -0.25) is 0 Å². The average Bonchev–Trinajstić information content (AvgIpc) is 3.29. The molecule has 4 aromatic rings. The number of aromatic nitrogens is 4. The third-order valence-corrected chi connectivity index (χ3v) is 5.97. The molecular weight excluding hydrogens is 416 g/mol. The van der Waals surface area contributed by atoms with Gasteiger partial charge >= 0.3 is 0 Å². The summed E-state index contributed by atoms with van der Waals surface area (Å²) in [6.07, 6.45) is 6.38. The van der Waals surface area contributed by atoms with E-state index in [0.717, 1.165) is 30.0 Å². The molecule has 0 amide bonds. The van der Waals surface area contributed by atoms with Crippen LogP contribution in [-0.4, -0.2) is 32.6 Å². The zero-order valence-corrected chi connectivity index (χ0v) is 18.5. The molecule has 0 aliphatic heterocycles. The molecule has 154 valence electrons. The van der Waals surface area contributed by atoms with Crippen LogP contribution in [0.3, 0.4) is 0 Å². The van der Waals surface area contributed by atoms with Gasteiger partial charge in [0, 0.05) is 29.8 Å². The van der Waals surface area contributed by atoms with Gasteiger partial charge in [-0.05, 0) is 58.6 Å². The van der Waals surface area contributed by atoms with E-state index in [0.29, 0.717) is 30.0 Å². The van der Waals surface area contributed by atoms with Crippen molar-refractivity contribution < 1.29 is 0 Å². The van der Waals surface area contributed by atoms with Crippen LogP contribution in [0.15, 0.2) is 23.6 Å². The maximum absolute atomic E-state index is 6.09. The number of nitrogens with one attached hydrogen (secondary N) is 1. The van der Waals surface area contributed by atoms with Crippen molar-refractivity contribution in [2.75, 3.05) is 18.8 Å². The van der Waals surface area contributed by atoms with Gasteiger partial charge in [0.25, 0.3) is 0 Å². The number of rotatable bonds is 7. The van der Waals surface area contributed by atoms with Crippen LogP contribution < -0.4 is 11.1 Å². The van der Waals surface area contributed by atoms with Gasteiger partial charge in [0.2, 0.25) is 5.28 Å². The molecule has 0 aliphatic rings. The second kappa shape index (κ2) is 8.60. The van der Waals surface area contributed by atoms with Crippen molar-refractivity contribution in [1.29, 1.82) is 0 Å². The number of nitrogens with zero attached hydrogens (tertiary/aromatic N) is 4. The third-order valence-electron chi connectivity index (χ3n) is 4.92. The minimum atomic E-state index is 0.117. The van der Waals surface area contributed by atoms with Gasteiger partial charge in [0.15, 0.2) is 17.0 Å². The molecule has 0 fully saturated rings. The zero-order valence-electron chi connectivity index (χ0n) is 16.9. The van der Waals surface area contributed by atoms with Gasteiger partial charge in [-0.2, -0.15) is 9.97 Å². The first-order chi connectivity index (χ1) is 14.5. The highest BCUT2D eigenvalue weighted by molar-refractivity contribution is 7.17. The van der Waals surface area contributed by atoms with E-state index in [9.17, 15) is 0 Å². The number of halogens is 1. The lowest BCUT2D eigenvalue weighted by Crippen LogP contribution is -2.24. The predicted octanol–water partition coefficient (Wildman–Crippen LogP) is 4.09. The minimum Gasteiger partial charge on any atom is -0.382 e. The molecule has 3 aromatic heterocycles. The molecule has 3 N–H and O–H groups in total. The van der Waals surface area contributed by atoms with E-state index in [-0.39, 0.29) is 11.1 Å². The largest absolute Gasteiger partial charge is 0.382 e. The van der Waals surface area contributed by atoms with Crippen molar-refractivity contribution in [1.82, 2.24) is 24.8 Å². The van der Waals surface area contributed by atoms with Crippen LogP contribution in [0.25, 0.3) is 21.3 Å². The first kappa shape index (κ1) is 20.6. The molecule has 0 bridgehead atoms. The van der Waals surface area contributed by atoms with Crippen molar-refractivity contribution in [3.8, 4) is 12.3 Å². The van der Waals surface area contributed by atoms with Crippen LogP contribution in [0, 0.1) is 18.3 Å². The predicted molar refractivity (Wildman–Crippen MR) is 125 cm³/mol. The summed E-state index contributed by atoms with van der Waals surface area (Å²) < 4.78 is 3.24. The molecule has 0 saturated heterocycles. The average molecular weight is 439 g/mol. The lowest BCUT2D eigenvalue weighted by atomic mass is 10.0. The Morgan fingerprint density at radius 1 is 1.30 bits per heavy atom. The molecule has 0 atom stereocenters. The molecular formula is C22H23ClN6S. The Morgan fingerprint density at radius 3 is 2.90 bits per heavy atom. The molecule has 30 heavy (non-hydrogen) atoms. The van der Waals surface area contributed by atoms with Crippen LogP contribution in [-0.2, 0) is 13.0 Å². The Balaban J connectivity index is 1.75. The van der Waals surface area contributed by atoms with E-state index in [2.05, 4.69) is 63.2 Å². The van der Waals surface area contributed by atoms with E-state index in [1.807, 2.05) is 0 Å². The Morgan fingerprint density at radius 2 is 2.13 bits per heavy atom. The maximum Gasteiger partial charge on any atom is 0.226 e. The summed E-state index contributed by atoms with van der Waals surface area (Å²) >= 11 is 7.77. The SMILES string of the molecule is C#Cc1cc2sccc2cc1Cc1nc2c(N)nc(Cl)nc2n1CCNCC(C)C. The monoisotopic (exact) mass is 438 g/mol. The molecule has 6 nitrogen and oxygen atoms in total. The lowest BCUT2D eigenvalue weighted by molar-refractivity contribution is 0.522. The summed E-state index contributed by atoms with van der Waals surface area (Å²) in [5.41, 5.74) is 9.22. The second-order valence-corrected chi connectivity index (χ2v) is 8.90. The van der Waals surface area contributed by atoms with Crippen molar-refractivity contribution in [3.05, 3.63) is 45.8 Å². The summed E-state index contributed by atoms with van der Waals surface area (Å²) in [6.45, 7) is 6.78. The summed E-state index contributed by atoms with van der Waals surface area (Å²) in [6, 6.07) is 6.31. The minimum absolute atomic E-state index is 0.117. The highest BCUT2D eigenvalue weighted by Gasteiger charge is 2.18. The molecule has 4 rings (SSSR count). The number of hydrogen-bond acceptors (Lipinski definition) is 6. The topological polar surface area (TPSA) is 81.7 Å². The van der Waals surface area contributed by atoms with Gasteiger partial charge in [-0.15, -0.1) is 17.8 Å². The molecule has 0 spiro atoms. The van der Waals surface area contributed by atoms with Crippen LogP contribution in [0.4, 0.5) is 5.82 Å². The van der Waals surface area contributed by atoms with Crippen LogP contribution in [0.2, 0.25) is 5.28 Å². The first-order valence-corrected chi connectivity index (χ1v) is 11.1. The van der Waals surface area contributed by atoms with E-state index >= 15 is 0 Å².